The Hall–Kier alpha value is -0.260. The highest BCUT2D eigenvalue weighted by atomic mass is 32.2. The van der Waals surface area contributed by atoms with Crippen LogP contribution in [0.2, 0.25) is 0 Å². The van der Waals surface area contributed by atoms with Crippen molar-refractivity contribution in [3.8, 4) is 0 Å². The molecule has 1 heterocycles. The summed E-state index contributed by atoms with van der Waals surface area (Å²) in [6.45, 7) is 3.77. The molecule has 1 aromatic heterocycles. The maximum Gasteiger partial charge on any atom is 0.117 e. The van der Waals surface area contributed by atoms with Crippen LogP contribution < -0.4 is 0 Å². The van der Waals surface area contributed by atoms with Crippen molar-refractivity contribution in [3.63, 3.8) is 0 Å². The van der Waals surface area contributed by atoms with E-state index in [1.807, 2.05) is 19.2 Å². The monoisotopic (exact) mass is 230 g/mol. The van der Waals surface area contributed by atoms with E-state index in [1.165, 1.54) is 0 Å². The minimum absolute atomic E-state index is 0.152. The smallest absolute Gasteiger partial charge is 0.117 e. The van der Waals surface area contributed by atoms with E-state index in [-0.39, 0.29) is 11.4 Å². The average molecular weight is 230 g/mol. The summed E-state index contributed by atoms with van der Waals surface area (Å²) in [6.07, 6.45) is 3.21. The van der Waals surface area contributed by atoms with Crippen molar-refractivity contribution < 1.29 is 5.11 Å². The van der Waals surface area contributed by atoms with Gasteiger partial charge in [-0.1, -0.05) is 6.92 Å². The summed E-state index contributed by atoms with van der Waals surface area (Å²) < 4.78 is 0. The van der Waals surface area contributed by atoms with Gasteiger partial charge in [0, 0.05) is 11.3 Å². The Balaban J connectivity index is 2.66. The first kappa shape index (κ1) is 11.8. The summed E-state index contributed by atoms with van der Waals surface area (Å²) in [5, 5.41) is 11.4. The van der Waals surface area contributed by atoms with Gasteiger partial charge in [-0.05, 0) is 13.2 Å². The van der Waals surface area contributed by atoms with E-state index in [4.69, 9.17) is 0 Å². The lowest BCUT2D eigenvalue weighted by molar-refractivity contribution is 0.196. The number of aromatic nitrogens is 2. The van der Waals surface area contributed by atoms with Crippen LogP contribution in [0.25, 0.3) is 0 Å². The molecule has 1 aromatic rings. The molecule has 0 aromatic carbocycles. The second-order valence-corrected chi connectivity index (χ2v) is 5.19. The second kappa shape index (κ2) is 5.58. The lowest BCUT2D eigenvalue weighted by Gasteiger charge is -2.13. The Morgan fingerprint density at radius 2 is 1.93 bits per heavy atom. The Morgan fingerprint density at radius 1 is 1.29 bits per heavy atom. The maximum atomic E-state index is 9.34. The molecule has 3 nitrogen and oxygen atoms in total. The Morgan fingerprint density at radius 3 is 2.50 bits per heavy atom. The van der Waals surface area contributed by atoms with Crippen LogP contribution >= 0.6 is 23.5 Å². The molecule has 1 rings (SSSR count). The maximum absolute atomic E-state index is 9.34. The largest absolute Gasteiger partial charge is 0.392 e. The van der Waals surface area contributed by atoms with Crippen LogP contribution in [0.1, 0.15) is 13.8 Å². The normalized spacial score (nSPS) is 15.1. The van der Waals surface area contributed by atoms with Gasteiger partial charge in [-0.25, -0.2) is 9.97 Å². The van der Waals surface area contributed by atoms with Gasteiger partial charge in [0.15, 0.2) is 0 Å². The predicted octanol–water partition coefficient (Wildman–Crippen LogP) is 2.06. The third-order valence-corrected chi connectivity index (χ3v) is 3.68. The molecule has 0 aliphatic carbocycles. The third-order valence-electron chi connectivity index (χ3n) is 1.81. The highest BCUT2D eigenvalue weighted by molar-refractivity contribution is 8.00. The van der Waals surface area contributed by atoms with Crippen LogP contribution in [0, 0.1) is 0 Å². The van der Waals surface area contributed by atoms with Crippen LogP contribution in [0.15, 0.2) is 22.4 Å². The van der Waals surface area contributed by atoms with Gasteiger partial charge >= 0.3 is 0 Å². The number of aliphatic hydroxyl groups is 1. The van der Waals surface area contributed by atoms with Gasteiger partial charge < -0.3 is 5.11 Å². The number of hydrogen-bond donors (Lipinski definition) is 1. The predicted molar refractivity (Wildman–Crippen MR) is 60.8 cm³/mol. The molecule has 0 spiro atoms. The fraction of sp³-hybridized carbons (Fsp3) is 0.556. The number of aliphatic hydroxyl groups excluding tert-OH is 1. The first-order chi connectivity index (χ1) is 6.63. The molecule has 0 aliphatic heterocycles. The van der Waals surface area contributed by atoms with Gasteiger partial charge in [0.1, 0.15) is 16.4 Å². The summed E-state index contributed by atoms with van der Waals surface area (Å²) in [6, 6.07) is 1.94. The van der Waals surface area contributed by atoms with Crippen LogP contribution in [-0.2, 0) is 0 Å². The van der Waals surface area contributed by atoms with Crippen molar-refractivity contribution >= 4 is 23.5 Å². The number of thioether (sulfide) groups is 2. The molecule has 0 radical (unpaired) electrons. The molecule has 0 aliphatic rings. The third kappa shape index (κ3) is 3.48. The topological polar surface area (TPSA) is 46.0 Å². The van der Waals surface area contributed by atoms with Crippen molar-refractivity contribution in [1.82, 2.24) is 9.97 Å². The Kier molecular flexibility index (Phi) is 4.71. The van der Waals surface area contributed by atoms with E-state index in [0.29, 0.717) is 0 Å². The number of rotatable bonds is 4. The molecule has 0 amide bonds. The van der Waals surface area contributed by atoms with Crippen molar-refractivity contribution in [2.24, 2.45) is 0 Å². The van der Waals surface area contributed by atoms with Crippen molar-refractivity contribution in [3.05, 3.63) is 12.4 Å². The summed E-state index contributed by atoms with van der Waals surface area (Å²) >= 11 is 3.16. The van der Waals surface area contributed by atoms with Crippen LogP contribution in [0.3, 0.4) is 0 Å². The highest BCUT2D eigenvalue weighted by Gasteiger charge is 2.11. The average Bonchev–Trinajstić information content (AvgIpc) is 2.18. The van der Waals surface area contributed by atoms with Crippen LogP contribution in [0.4, 0.5) is 0 Å². The van der Waals surface area contributed by atoms with Crippen LogP contribution in [-0.4, -0.2) is 32.7 Å². The minimum Gasteiger partial charge on any atom is -0.392 e. The molecular formula is C9H14N2OS2. The first-order valence-electron chi connectivity index (χ1n) is 4.34. The molecular weight excluding hydrogens is 216 g/mol. The van der Waals surface area contributed by atoms with E-state index in [1.54, 1.807) is 36.8 Å². The summed E-state index contributed by atoms with van der Waals surface area (Å²) in [4.78, 5) is 8.22. The molecule has 0 saturated heterocycles. The molecule has 78 valence electrons. The quantitative estimate of drug-likeness (QED) is 0.633. The molecule has 0 bridgehead atoms. The van der Waals surface area contributed by atoms with Gasteiger partial charge in [0.25, 0.3) is 0 Å². The van der Waals surface area contributed by atoms with Gasteiger partial charge in [0.05, 0.1) is 6.10 Å². The molecule has 2 atom stereocenters. The molecule has 2 unspecified atom stereocenters. The van der Waals surface area contributed by atoms with E-state index in [0.717, 1.165) is 10.1 Å². The van der Waals surface area contributed by atoms with E-state index in [2.05, 4.69) is 9.97 Å². The second-order valence-electron chi connectivity index (χ2n) is 2.96. The van der Waals surface area contributed by atoms with E-state index in [9.17, 15) is 5.11 Å². The molecule has 0 saturated carbocycles. The van der Waals surface area contributed by atoms with Gasteiger partial charge in [-0.15, -0.1) is 23.5 Å². The van der Waals surface area contributed by atoms with Gasteiger partial charge in [-0.3, -0.25) is 0 Å². The molecule has 0 fully saturated rings. The number of nitrogens with zero attached hydrogens (tertiary/aromatic N) is 2. The molecule has 5 heteroatoms. The Labute approximate surface area is 92.7 Å². The van der Waals surface area contributed by atoms with Crippen molar-refractivity contribution in [2.45, 2.75) is 35.3 Å². The van der Waals surface area contributed by atoms with Gasteiger partial charge in [-0.2, -0.15) is 0 Å². The molecule has 1 N–H and O–H groups in total. The summed E-state index contributed by atoms with van der Waals surface area (Å²) in [7, 11) is 0. The summed E-state index contributed by atoms with van der Waals surface area (Å²) in [5.41, 5.74) is 0. The standard InChI is InChI=1S/C9H14N2OS2/c1-6(12)7(2)14-9-4-8(13-3)10-5-11-9/h4-7,12H,1-3H3. The van der Waals surface area contributed by atoms with Crippen molar-refractivity contribution in [1.29, 1.82) is 0 Å². The lowest BCUT2D eigenvalue weighted by atomic mass is 10.3. The van der Waals surface area contributed by atoms with Crippen molar-refractivity contribution in [2.75, 3.05) is 6.26 Å². The fourth-order valence-electron chi connectivity index (χ4n) is 0.788. The fourth-order valence-corrected chi connectivity index (χ4v) is 2.11. The zero-order valence-electron chi connectivity index (χ0n) is 8.47. The lowest BCUT2D eigenvalue weighted by Crippen LogP contribution is -2.15. The SMILES string of the molecule is CSc1cc(SC(C)C(C)O)ncn1. The summed E-state index contributed by atoms with van der Waals surface area (Å²) in [5.74, 6) is 0. The minimum atomic E-state index is -0.326. The first-order valence-corrected chi connectivity index (χ1v) is 6.44. The van der Waals surface area contributed by atoms with Gasteiger partial charge in [0.2, 0.25) is 0 Å². The highest BCUT2D eigenvalue weighted by Crippen LogP contribution is 2.25. The van der Waals surface area contributed by atoms with Crippen LogP contribution in [0.5, 0.6) is 0 Å². The molecule has 14 heavy (non-hydrogen) atoms. The van der Waals surface area contributed by atoms with E-state index < -0.39 is 0 Å². The zero-order chi connectivity index (χ0) is 10.6. The Bertz CT molecular complexity index is 294. The zero-order valence-corrected chi connectivity index (χ0v) is 10.1. The number of hydrogen-bond acceptors (Lipinski definition) is 5. The van der Waals surface area contributed by atoms with E-state index >= 15 is 0 Å².